The maximum atomic E-state index is 5.03. The number of methoxy groups -OCH3 is 1. The fourth-order valence-electron chi connectivity index (χ4n) is 0.564. The van der Waals surface area contributed by atoms with Crippen LogP contribution in [-0.2, 0) is 4.74 Å². The zero-order valence-corrected chi connectivity index (χ0v) is 6.56. The van der Waals surface area contributed by atoms with Crippen molar-refractivity contribution in [1.29, 1.82) is 0 Å². The van der Waals surface area contributed by atoms with Crippen LogP contribution in [0.5, 0.6) is 0 Å². The first-order chi connectivity index (χ1) is 4.22. The summed E-state index contributed by atoms with van der Waals surface area (Å²) in [6, 6.07) is 0. The lowest BCUT2D eigenvalue weighted by Gasteiger charge is -1.99. The first kappa shape index (κ1) is 8.43. The van der Waals surface area contributed by atoms with E-state index in [9.17, 15) is 0 Å². The molecule has 0 fully saturated rings. The molecular formula is C6H15N2O+. The van der Waals surface area contributed by atoms with Crippen molar-refractivity contribution in [1.82, 2.24) is 5.32 Å². The van der Waals surface area contributed by atoms with Crippen LogP contribution < -0.4 is 5.32 Å². The Bertz CT molecular complexity index is 106. The van der Waals surface area contributed by atoms with E-state index in [4.69, 9.17) is 4.74 Å². The molecule has 0 heterocycles. The van der Waals surface area contributed by atoms with Crippen LogP contribution in [0.15, 0.2) is 0 Å². The monoisotopic (exact) mass is 131 g/mol. The molecule has 0 amide bonds. The Hall–Kier alpha value is -0.570. The number of nitrogens with one attached hydrogen (secondary N) is 1. The molecule has 0 aliphatic rings. The molecule has 0 bridgehead atoms. The maximum Gasteiger partial charge on any atom is 0.349 e. The topological polar surface area (TPSA) is 24.3 Å². The molecule has 0 aromatic carbocycles. The summed E-state index contributed by atoms with van der Waals surface area (Å²) in [4.78, 5) is 0. The molecule has 3 nitrogen and oxygen atoms in total. The number of nitrogens with zero attached hydrogens (tertiary/aromatic N) is 1. The van der Waals surface area contributed by atoms with E-state index in [1.807, 2.05) is 25.7 Å². The SMILES string of the molecule is CNCC(OC)=[N+](C)C. The molecule has 3 heteroatoms. The van der Waals surface area contributed by atoms with Gasteiger partial charge in [-0.25, -0.2) is 4.58 Å². The number of hydrogen-bond donors (Lipinski definition) is 1. The molecule has 0 aliphatic carbocycles. The second kappa shape index (κ2) is 4.32. The lowest BCUT2D eigenvalue weighted by atomic mass is 10.6. The summed E-state index contributed by atoms with van der Waals surface area (Å²) < 4.78 is 6.97. The highest BCUT2D eigenvalue weighted by Crippen LogP contribution is 1.72. The third kappa shape index (κ3) is 3.08. The van der Waals surface area contributed by atoms with E-state index < -0.39 is 0 Å². The molecule has 0 aromatic heterocycles. The van der Waals surface area contributed by atoms with Crippen molar-refractivity contribution in [2.24, 2.45) is 0 Å². The van der Waals surface area contributed by atoms with Crippen molar-refractivity contribution in [3.05, 3.63) is 0 Å². The zero-order chi connectivity index (χ0) is 7.28. The normalized spacial score (nSPS) is 8.89. The number of hydrogen-bond acceptors (Lipinski definition) is 2. The first-order valence-corrected chi connectivity index (χ1v) is 2.94. The van der Waals surface area contributed by atoms with Crippen LogP contribution in [0.1, 0.15) is 0 Å². The Morgan fingerprint density at radius 2 is 2.11 bits per heavy atom. The molecule has 54 valence electrons. The van der Waals surface area contributed by atoms with Gasteiger partial charge in [-0.1, -0.05) is 0 Å². The Labute approximate surface area is 56.3 Å². The maximum absolute atomic E-state index is 5.03. The van der Waals surface area contributed by atoms with Crippen molar-refractivity contribution in [3.8, 4) is 0 Å². The Morgan fingerprint density at radius 3 is 2.22 bits per heavy atom. The third-order valence-electron chi connectivity index (χ3n) is 1.06. The van der Waals surface area contributed by atoms with Crippen LogP contribution in [0.4, 0.5) is 0 Å². The molecule has 0 atom stereocenters. The van der Waals surface area contributed by atoms with Crippen LogP contribution in [0.2, 0.25) is 0 Å². The summed E-state index contributed by atoms with van der Waals surface area (Å²) in [6.07, 6.45) is 0. The number of rotatable bonds is 2. The number of likely N-dealkylation sites (N-methyl/N-ethyl adjacent to an activating group) is 1. The molecule has 0 spiro atoms. The van der Waals surface area contributed by atoms with Gasteiger partial charge in [-0.2, -0.15) is 0 Å². The fourth-order valence-corrected chi connectivity index (χ4v) is 0.564. The van der Waals surface area contributed by atoms with E-state index in [0.717, 1.165) is 12.4 Å². The van der Waals surface area contributed by atoms with Gasteiger partial charge in [0.2, 0.25) is 0 Å². The van der Waals surface area contributed by atoms with Gasteiger partial charge in [0.15, 0.2) is 0 Å². The van der Waals surface area contributed by atoms with Gasteiger partial charge in [0.1, 0.15) is 20.6 Å². The summed E-state index contributed by atoms with van der Waals surface area (Å²) in [6.45, 7) is 0.781. The smallest absolute Gasteiger partial charge is 0.349 e. The average Bonchev–Trinajstić information content (AvgIpc) is 1.82. The first-order valence-electron chi connectivity index (χ1n) is 2.94. The van der Waals surface area contributed by atoms with Gasteiger partial charge in [-0.3, -0.25) is 0 Å². The van der Waals surface area contributed by atoms with Crippen molar-refractivity contribution in [2.75, 3.05) is 34.8 Å². The summed E-state index contributed by atoms with van der Waals surface area (Å²) in [5, 5.41) is 3.00. The highest BCUT2D eigenvalue weighted by molar-refractivity contribution is 5.72. The highest BCUT2D eigenvalue weighted by Gasteiger charge is 2.03. The van der Waals surface area contributed by atoms with E-state index in [1.54, 1.807) is 7.11 Å². The van der Waals surface area contributed by atoms with Gasteiger partial charge in [-0.15, -0.1) is 0 Å². The molecule has 0 radical (unpaired) electrons. The van der Waals surface area contributed by atoms with Gasteiger partial charge in [0, 0.05) is 0 Å². The second-order valence-corrected chi connectivity index (χ2v) is 2.02. The van der Waals surface area contributed by atoms with E-state index >= 15 is 0 Å². The summed E-state index contributed by atoms with van der Waals surface area (Å²) in [5.74, 6) is 0.942. The Balaban J connectivity index is 3.83. The van der Waals surface area contributed by atoms with Gasteiger partial charge >= 0.3 is 5.90 Å². The third-order valence-corrected chi connectivity index (χ3v) is 1.06. The predicted molar refractivity (Wildman–Crippen MR) is 38.1 cm³/mol. The van der Waals surface area contributed by atoms with Crippen LogP contribution in [-0.4, -0.2) is 45.3 Å². The molecule has 0 saturated carbocycles. The predicted octanol–water partition coefficient (Wildman–Crippen LogP) is -0.477. The lowest BCUT2D eigenvalue weighted by molar-refractivity contribution is -0.474. The van der Waals surface area contributed by atoms with E-state index in [2.05, 4.69) is 5.32 Å². The van der Waals surface area contributed by atoms with E-state index in [-0.39, 0.29) is 0 Å². The Morgan fingerprint density at radius 1 is 1.56 bits per heavy atom. The second-order valence-electron chi connectivity index (χ2n) is 2.02. The minimum absolute atomic E-state index is 0.781. The van der Waals surface area contributed by atoms with E-state index in [1.165, 1.54) is 0 Å². The van der Waals surface area contributed by atoms with E-state index in [0.29, 0.717) is 0 Å². The lowest BCUT2D eigenvalue weighted by Crippen LogP contribution is -2.27. The van der Waals surface area contributed by atoms with Crippen LogP contribution in [0.25, 0.3) is 0 Å². The zero-order valence-electron chi connectivity index (χ0n) is 6.56. The van der Waals surface area contributed by atoms with Crippen LogP contribution >= 0.6 is 0 Å². The van der Waals surface area contributed by atoms with Gasteiger partial charge < -0.3 is 10.1 Å². The largest absolute Gasteiger partial charge is 0.450 e. The van der Waals surface area contributed by atoms with Crippen molar-refractivity contribution < 1.29 is 9.31 Å². The number of ether oxygens (including phenoxy) is 1. The standard InChI is InChI=1S/C6H15N2O/c1-7-5-6(9-4)8(2)3/h7H,5H2,1-4H3/q+1. The van der Waals surface area contributed by atoms with Crippen LogP contribution in [0, 0.1) is 0 Å². The molecular weight excluding hydrogens is 116 g/mol. The summed E-state index contributed by atoms with van der Waals surface area (Å²) >= 11 is 0. The quantitative estimate of drug-likeness (QED) is 0.311. The minimum Gasteiger partial charge on any atom is -0.450 e. The molecule has 0 saturated heterocycles. The van der Waals surface area contributed by atoms with Crippen molar-refractivity contribution in [2.45, 2.75) is 0 Å². The summed E-state index contributed by atoms with van der Waals surface area (Å²) in [7, 11) is 7.47. The highest BCUT2D eigenvalue weighted by atomic mass is 16.5. The molecule has 9 heavy (non-hydrogen) atoms. The van der Waals surface area contributed by atoms with Gasteiger partial charge in [-0.05, 0) is 7.05 Å². The van der Waals surface area contributed by atoms with Crippen molar-refractivity contribution >= 4 is 5.90 Å². The molecule has 1 N–H and O–H groups in total. The molecule has 0 aromatic rings. The van der Waals surface area contributed by atoms with Crippen molar-refractivity contribution in [3.63, 3.8) is 0 Å². The molecule has 0 aliphatic heterocycles. The average molecular weight is 131 g/mol. The molecule has 0 unspecified atom stereocenters. The Kier molecular flexibility index (Phi) is 4.05. The minimum atomic E-state index is 0.781. The van der Waals surface area contributed by atoms with Crippen LogP contribution in [0.3, 0.4) is 0 Å². The molecule has 0 rings (SSSR count). The van der Waals surface area contributed by atoms with Gasteiger partial charge in [0.05, 0.1) is 7.11 Å². The summed E-state index contributed by atoms with van der Waals surface area (Å²) in [5.41, 5.74) is 0. The fraction of sp³-hybridized carbons (Fsp3) is 0.833. The van der Waals surface area contributed by atoms with Gasteiger partial charge in [0.25, 0.3) is 0 Å².